The van der Waals surface area contributed by atoms with Crippen molar-refractivity contribution in [3.8, 4) is 11.5 Å². The highest BCUT2D eigenvalue weighted by Gasteiger charge is 2.25. The van der Waals surface area contributed by atoms with Gasteiger partial charge in [-0.25, -0.2) is 4.99 Å². The fourth-order valence-electron chi connectivity index (χ4n) is 3.12. The Morgan fingerprint density at radius 3 is 2.67 bits per heavy atom. The van der Waals surface area contributed by atoms with Crippen LogP contribution in [0, 0.1) is 6.92 Å². The molecule has 5 nitrogen and oxygen atoms in total. The molecule has 1 aliphatic rings. The van der Waals surface area contributed by atoms with Crippen LogP contribution in [-0.4, -0.2) is 18.2 Å². The summed E-state index contributed by atoms with van der Waals surface area (Å²) in [5.74, 6) is 0.971. The van der Waals surface area contributed by atoms with Crippen LogP contribution in [0.2, 0.25) is 5.02 Å². The molecule has 0 aliphatic carbocycles. The zero-order valence-corrected chi connectivity index (χ0v) is 21.1. The summed E-state index contributed by atoms with van der Waals surface area (Å²) < 4.78 is 12.3. The van der Waals surface area contributed by atoms with E-state index in [-0.39, 0.29) is 5.91 Å². The van der Waals surface area contributed by atoms with E-state index in [0.717, 1.165) is 21.2 Å². The van der Waals surface area contributed by atoms with Crippen molar-refractivity contribution >= 4 is 62.1 Å². The molecule has 33 heavy (non-hydrogen) atoms. The Morgan fingerprint density at radius 2 is 1.91 bits per heavy atom. The molecule has 0 bridgehead atoms. The van der Waals surface area contributed by atoms with Crippen molar-refractivity contribution in [1.82, 2.24) is 5.32 Å². The summed E-state index contributed by atoms with van der Waals surface area (Å²) in [5.41, 5.74) is 3.42. The minimum absolute atomic E-state index is 0.214. The van der Waals surface area contributed by atoms with Gasteiger partial charge in [-0.2, -0.15) is 0 Å². The largest absolute Gasteiger partial charge is 0.493 e. The van der Waals surface area contributed by atoms with E-state index in [4.69, 9.17) is 21.1 Å². The van der Waals surface area contributed by atoms with Gasteiger partial charge in [0.2, 0.25) is 0 Å². The Bertz CT molecular complexity index is 1260. The highest BCUT2D eigenvalue weighted by atomic mass is 79.9. The number of hydrogen-bond acceptors (Lipinski definition) is 5. The Kier molecular flexibility index (Phi) is 7.42. The number of hydrogen-bond donors (Lipinski definition) is 1. The van der Waals surface area contributed by atoms with Crippen molar-refractivity contribution in [1.29, 1.82) is 0 Å². The molecule has 1 aliphatic heterocycles. The van der Waals surface area contributed by atoms with Crippen LogP contribution in [0.15, 0.2) is 75.0 Å². The van der Waals surface area contributed by atoms with Gasteiger partial charge in [0.1, 0.15) is 6.61 Å². The summed E-state index contributed by atoms with van der Waals surface area (Å²) in [6.45, 7) is 2.32. The van der Waals surface area contributed by atoms with Gasteiger partial charge in [0.25, 0.3) is 5.91 Å². The molecule has 1 fully saturated rings. The van der Waals surface area contributed by atoms with E-state index in [0.29, 0.717) is 38.9 Å². The minimum atomic E-state index is -0.214. The van der Waals surface area contributed by atoms with Gasteiger partial charge in [0.15, 0.2) is 16.7 Å². The number of benzene rings is 3. The molecule has 3 aromatic rings. The monoisotopic (exact) mass is 542 g/mol. The van der Waals surface area contributed by atoms with Crippen molar-refractivity contribution in [3.63, 3.8) is 0 Å². The number of carbonyl (C=O) groups is 1. The van der Waals surface area contributed by atoms with Crippen LogP contribution < -0.4 is 14.8 Å². The third-order valence-corrected chi connectivity index (χ3v) is 6.92. The standard InChI is InChI=1S/C25H20BrClN2O3S/c1-15-19(27)9-6-10-20(15)28-25-29-24(30)23(33-25)12-17-11-21(31-2)22(13-18(17)26)32-14-16-7-4-3-5-8-16/h3-13H,14H2,1-2H3,(H,28,29,30)/b23-12-. The molecule has 1 amide bonds. The van der Waals surface area contributed by atoms with Crippen LogP contribution in [0.25, 0.3) is 6.08 Å². The number of amides is 1. The van der Waals surface area contributed by atoms with Crippen molar-refractivity contribution < 1.29 is 14.3 Å². The average Bonchev–Trinajstić information content (AvgIpc) is 3.16. The third-order valence-electron chi connectivity index (χ3n) is 4.92. The molecule has 1 heterocycles. The van der Waals surface area contributed by atoms with Gasteiger partial charge in [-0.15, -0.1) is 0 Å². The number of thioether (sulfide) groups is 1. The maximum absolute atomic E-state index is 12.5. The van der Waals surface area contributed by atoms with Gasteiger partial charge in [-0.3, -0.25) is 4.79 Å². The molecule has 1 saturated heterocycles. The molecule has 0 spiro atoms. The van der Waals surface area contributed by atoms with E-state index in [1.54, 1.807) is 13.2 Å². The molecule has 0 saturated carbocycles. The Hall–Kier alpha value is -2.74. The Balaban J connectivity index is 1.56. The first-order chi connectivity index (χ1) is 15.9. The summed E-state index contributed by atoms with van der Waals surface area (Å²) in [4.78, 5) is 17.6. The second-order valence-corrected chi connectivity index (χ2v) is 9.46. The first-order valence-corrected chi connectivity index (χ1v) is 12.0. The van der Waals surface area contributed by atoms with Gasteiger partial charge in [-0.1, -0.05) is 63.9 Å². The Labute approximate surface area is 210 Å². The molecule has 0 aromatic heterocycles. The van der Waals surface area contributed by atoms with Crippen molar-refractivity contribution in [2.24, 2.45) is 4.99 Å². The second-order valence-electron chi connectivity index (χ2n) is 7.16. The number of nitrogens with one attached hydrogen (secondary N) is 1. The highest BCUT2D eigenvalue weighted by Crippen LogP contribution is 2.37. The number of carbonyl (C=O) groups excluding carboxylic acids is 1. The molecule has 0 radical (unpaired) electrons. The average molecular weight is 544 g/mol. The first-order valence-electron chi connectivity index (χ1n) is 10.0. The maximum Gasteiger partial charge on any atom is 0.264 e. The van der Waals surface area contributed by atoms with Crippen LogP contribution in [0.4, 0.5) is 5.69 Å². The zero-order valence-electron chi connectivity index (χ0n) is 17.9. The quantitative estimate of drug-likeness (QED) is 0.344. The van der Waals surface area contributed by atoms with Crippen LogP contribution in [-0.2, 0) is 11.4 Å². The van der Waals surface area contributed by atoms with Gasteiger partial charge in [0.05, 0.1) is 17.7 Å². The maximum atomic E-state index is 12.5. The smallest absolute Gasteiger partial charge is 0.264 e. The lowest BCUT2D eigenvalue weighted by Crippen LogP contribution is -2.19. The summed E-state index contributed by atoms with van der Waals surface area (Å²) in [6, 6.07) is 19.1. The van der Waals surface area contributed by atoms with Crippen molar-refractivity contribution in [2.45, 2.75) is 13.5 Å². The van der Waals surface area contributed by atoms with Gasteiger partial charge in [0, 0.05) is 9.50 Å². The summed E-state index contributed by atoms with van der Waals surface area (Å²) in [6.07, 6.45) is 1.79. The summed E-state index contributed by atoms with van der Waals surface area (Å²) in [7, 11) is 1.59. The van der Waals surface area contributed by atoms with E-state index in [9.17, 15) is 4.79 Å². The number of rotatable bonds is 6. The molecule has 1 N–H and O–H groups in total. The van der Waals surface area contributed by atoms with E-state index < -0.39 is 0 Å². The predicted molar refractivity (Wildman–Crippen MR) is 138 cm³/mol. The SMILES string of the molecule is COc1cc(/C=C2\SC(=Nc3cccc(Cl)c3C)NC2=O)c(Br)cc1OCc1ccccc1. The molecular weight excluding hydrogens is 524 g/mol. The van der Waals surface area contributed by atoms with E-state index in [1.165, 1.54) is 11.8 Å². The number of amidine groups is 1. The van der Waals surface area contributed by atoms with E-state index in [2.05, 4.69) is 26.2 Å². The van der Waals surface area contributed by atoms with Gasteiger partial charge in [-0.05, 0) is 65.7 Å². The second kappa shape index (κ2) is 10.5. The molecule has 0 unspecified atom stereocenters. The number of halogens is 2. The lowest BCUT2D eigenvalue weighted by molar-refractivity contribution is -0.115. The molecule has 3 aromatic carbocycles. The lowest BCUT2D eigenvalue weighted by atomic mass is 10.2. The molecule has 168 valence electrons. The fourth-order valence-corrected chi connectivity index (χ4v) is 4.55. The number of ether oxygens (including phenoxy) is 2. The topological polar surface area (TPSA) is 59.9 Å². The minimum Gasteiger partial charge on any atom is -0.493 e. The fraction of sp³-hybridized carbons (Fsp3) is 0.120. The van der Waals surface area contributed by atoms with E-state index in [1.807, 2.05) is 67.6 Å². The number of methoxy groups -OCH3 is 1. The van der Waals surface area contributed by atoms with Crippen LogP contribution in [0.1, 0.15) is 16.7 Å². The number of nitrogens with zero attached hydrogens (tertiary/aromatic N) is 1. The first kappa shape index (κ1) is 23.4. The van der Waals surface area contributed by atoms with Crippen LogP contribution in [0.3, 0.4) is 0 Å². The highest BCUT2D eigenvalue weighted by molar-refractivity contribution is 9.10. The molecule has 8 heteroatoms. The summed E-state index contributed by atoms with van der Waals surface area (Å²) >= 11 is 11.0. The van der Waals surface area contributed by atoms with Crippen LogP contribution in [0.5, 0.6) is 11.5 Å². The normalized spacial score (nSPS) is 15.7. The number of aliphatic imine (C=N–C) groups is 1. The lowest BCUT2D eigenvalue weighted by Gasteiger charge is -2.13. The summed E-state index contributed by atoms with van der Waals surface area (Å²) in [5, 5.41) is 3.94. The molecule has 4 rings (SSSR count). The van der Waals surface area contributed by atoms with Crippen molar-refractivity contribution in [3.05, 3.63) is 91.8 Å². The zero-order chi connectivity index (χ0) is 23.4. The Morgan fingerprint density at radius 1 is 1.12 bits per heavy atom. The predicted octanol–water partition coefficient (Wildman–Crippen LogP) is 6.89. The molecule has 0 atom stereocenters. The molecular formula is C25H20BrClN2O3S. The van der Waals surface area contributed by atoms with Gasteiger partial charge < -0.3 is 14.8 Å². The van der Waals surface area contributed by atoms with E-state index >= 15 is 0 Å². The van der Waals surface area contributed by atoms with Gasteiger partial charge >= 0.3 is 0 Å². The third kappa shape index (κ3) is 5.61. The van der Waals surface area contributed by atoms with Crippen molar-refractivity contribution in [2.75, 3.05) is 7.11 Å². The van der Waals surface area contributed by atoms with Crippen LogP contribution >= 0.6 is 39.3 Å².